The minimum Gasteiger partial charge on any atom is -0.345 e. The van der Waals surface area contributed by atoms with Gasteiger partial charge in [-0.2, -0.15) is 0 Å². The number of thiazole rings is 1. The van der Waals surface area contributed by atoms with E-state index in [0.29, 0.717) is 5.92 Å². The monoisotopic (exact) mass is 395 g/mol. The number of nitrogens with zero attached hydrogens (tertiary/aromatic N) is 4. The van der Waals surface area contributed by atoms with Crippen molar-refractivity contribution in [2.75, 3.05) is 33.2 Å². The summed E-state index contributed by atoms with van der Waals surface area (Å²) in [5.74, 6) is 0.639. The molecule has 0 unspecified atom stereocenters. The van der Waals surface area contributed by atoms with Crippen molar-refractivity contribution in [3.8, 4) is 11.3 Å². The quantitative estimate of drug-likeness (QED) is 0.719. The molecule has 0 atom stereocenters. The van der Waals surface area contributed by atoms with Crippen molar-refractivity contribution in [2.45, 2.75) is 44.6 Å². The molecule has 1 aliphatic heterocycles. The molecule has 28 heavy (non-hydrogen) atoms. The first-order valence-electron chi connectivity index (χ1n) is 10.5. The van der Waals surface area contributed by atoms with Crippen LogP contribution in [0.5, 0.6) is 0 Å². The normalized spacial score (nSPS) is 24.8. The van der Waals surface area contributed by atoms with Gasteiger partial charge in [0.25, 0.3) is 0 Å². The minimum atomic E-state index is 0.639. The zero-order valence-electron chi connectivity index (χ0n) is 16.8. The molecule has 6 heteroatoms. The van der Waals surface area contributed by atoms with Crippen LogP contribution in [0.2, 0.25) is 0 Å². The molecule has 0 amide bonds. The molecule has 148 valence electrons. The number of nitrogens with one attached hydrogen (secondary N) is 1. The lowest BCUT2D eigenvalue weighted by Crippen LogP contribution is -2.49. The van der Waals surface area contributed by atoms with E-state index in [-0.39, 0.29) is 0 Å². The highest BCUT2D eigenvalue weighted by Gasteiger charge is 2.28. The number of aromatic amines is 1. The maximum absolute atomic E-state index is 4.73. The SMILES string of the molecule is Cc1nc(-c2c[nH]c3ncc([C@H]4CC[C@H](N5CCN(C)CC5)CC4)cc23)cs1. The van der Waals surface area contributed by atoms with Crippen LogP contribution in [0.4, 0.5) is 0 Å². The standard InChI is InChI=1S/C22H29N5S/c1-15-25-21(14-28-15)20-13-24-22-19(20)11-17(12-23-22)16-3-5-18(6-4-16)27-9-7-26(2)8-10-27/h11-14,16,18H,3-10H2,1-2H3,(H,23,24)/t16-,18-. The van der Waals surface area contributed by atoms with Crippen molar-refractivity contribution in [3.63, 3.8) is 0 Å². The van der Waals surface area contributed by atoms with Crippen LogP contribution in [0.15, 0.2) is 23.8 Å². The zero-order valence-corrected chi connectivity index (χ0v) is 17.6. The summed E-state index contributed by atoms with van der Waals surface area (Å²) in [5.41, 5.74) is 4.61. The summed E-state index contributed by atoms with van der Waals surface area (Å²) < 4.78 is 0. The van der Waals surface area contributed by atoms with Gasteiger partial charge in [0.05, 0.1) is 10.7 Å². The van der Waals surface area contributed by atoms with Gasteiger partial charge in [0.1, 0.15) is 5.65 Å². The third-order valence-corrected chi connectivity index (χ3v) is 7.44. The predicted molar refractivity (Wildman–Crippen MR) is 116 cm³/mol. The van der Waals surface area contributed by atoms with E-state index in [2.05, 4.69) is 57.6 Å². The fourth-order valence-corrected chi connectivity index (χ4v) is 5.52. The fourth-order valence-electron chi connectivity index (χ4n) is 4.90. The molecule has 5 rings (SSSR count). The van der Waals surface area contributed by atoms with Crippen LogP contribution in [0.3, 0.4) is 0 Å². The van der Waals surface area contributed by atoms with Crippen LogP contribution in [0, 0.1) is 6.92 Å². The van der Waals surface area contributed by atoms with E-state index in [1.165, 1.54) is 68.4 Å². The van der Waals surface area contributed by atoms with E-state index in [0.717, 1.165) is 22.4 Å². The predicted octanol–water partition coefficient (Wildman–Crippen LogP) is 4.27. The Bertz CT molecular complexity index is 945. The summed E-state index contributed by atoms with van der Waals surface area (Å²) in [5, 5.41) is 4.46. The van der Waals surface area contributed by atoms with Crippen molar-refractivity contribution in [1.82, 2.24) is 24.8 Å². The van der Waals surface area contributed by atoms with E-state index in [4.69, 9.17) is 4.98 Å². The number of hydrogen-bond donors (Lipinski definition) is 1. The Kier molecular flexibility index (Phi) is 4.95. The van der Waals surface area contributed by atoms with Gasteiger partial charge in [-0.1, -0.05) is 0 Å². The number of aromatic nitrogens is 3. The Morgan fingerprint density at radius 2 is 1.89 bits per heavy atom. The first-order valence-corrected chi connectivity index (χ1v) is 11.4. The van der Waals surface area contributed by atoms with Gasteiger partial charge < -0.3 is 9.88 Å². The third-order valence-electron chi connectivity index (χ3n) is 6.67. The van der Waals surface area contributed by atoms with Gasteiger partial charge in [-0.25, -0.2) is 9.97 Å². The molecule has 1 N–H and O–H groups in total. The van der Waals surface area contributed by atoms with Crippen LogP contribution in [-0.4, -0.2) is 64.0 Å². The maximum atomic E-state index is 4.73. The minimum absolute atomic E-state index is 0.639. The number of aryl methyl sites for hydroxylation is 1. The fraction of sp³-hybridized carbons (Fsp3) is 0.545. The van der Waals surface area contributed by atoms with E-state index in [9.17, 15) is 0 Å². The van der Waals surface area contributed by atoms with Crippen LogP contribution >= 0.6 is 11.3 Å². The molecule has 1 saturated heterocycles. The van der Waals surface area contributed by atoms with Crippen LogP contribution in [0.25, 0.3) is 22.3 Å². The molecule has 5 nitrogen and oxygen atoms in total. The molecular weight excluding hydrogens is 366 g/mol. The number of fused-ring (bicyclic) bond motifs is 1. The van der Waals surface area contributed by atoms with Crippen molar-refractivity contribution in [2.24, 2.45) is 0 Å². The molecule has 2 aliphatic rings. The molecule has 1 saturated carbocycles. The number of pyridine rings is 1. The van der Waals surface area contributed by atoms with Gasteiger partial charge in [0.15, 0.2) is 0 Å². The molecular formula is C22H29N5S. The number of hydrogen-bond acceptors (Lipinski definition) is 5. The topological polar surface area (TPSA) is 48.1 Å². The maximum Gasteiger partial charge on any atom is 0.137 e. The Morgan fingerprint density at radius 1 is 1.11 bits per heavy atom. The van der Waals surface area contributed by atoms with Crippen molar-refractivity contribution < 1.29 is 0 Å². The summed E-state index contributed by atoms with van der Waals surface area (Å²) >= 11 is 1.70. The highest BCUT2D eigenvalue weighted by atomic mass is 32.1. The lowest BCUT2D eigenvalue weighted by molar-refractivity contribution is 0.0878. The molecule has 0 aromatic carbocycles. The van der Waals surface area contributed by atoms with Gasteiger partial charge >= 0.3 is 0 Å². The Balaban J connectivity index is 1.32. The smallest absolute Gasteiger partial charge is 0.137 e. The second-order valence-electron chi connectivity index (χ2n) is 8.46. The first kappa shape index (κ1) is 18.3. The lowest BCUT2D eigenvalue weighted by atomic mass is 9.81. The highest BCUT2D eigenvalue weighted by molar-refractivity contribution is 7.09. The van der Waals surface area contributed by atoms with Crippen molar-refractivity contribution >= 4 is 22.4 Å². The summed E-state index contributed by atoms with van der Waals surface area (Å²) in [6.45, 7) is 6.96. The van der Waals surface area contributed by atoms with Crippen LogP contribution in [0.1, 0.15) is 42.2 Å². The van der Waals surface area contributed by atoms with E-state index >= 15 is 0 Å². The Morgan fingerprint density at radius 3 is 2.61 bits per heavy atom. The highest BCUT2D eigenvalue weighted by Crippen LogP contribution is 2.37. The van der Waals surface area contributed by atoms with Crippen LogP contribution < -0.4 is 0 Å². The molecule has 3 aromatic rings. The first-order chi connectivity index (χ1) is 13.7. The summed E-state index contributed by atoms with van der Waals surface area (Å²) in [4.78, 5) is 17.9. The third kappa shape index (κ3) is 3.49. The Hall–Kier alpha value is -1.76. The zero-order chi connectivity index (χ0) is 19.1. The molecule has 0 radical (unpaired) electrons. The van der Waals surface area contributed by atoms with Crippen molar-refractivity contribution in [3.05, 3.63) is 34.4 Å². The van der Waals surface area contributed by atoms with Gasteiger partial charge in [-0.15, -0.1) is 11.3 Å². The van der Waals surface area contributed by atoms with Gasteiger partial charge in [-0.05, 0) is 57.2 Å². The van der Waals surface area contributed by atoms with E-state index in [1.54, 1.807) is 11.3 Å². The Labute approximate surface area is 170 Å². The molecule has 4 heterocycles. The molecule has 2 fully saturated rings. The molecule has 1 aliphatic carbocycles. The molecule has 3 aromatic heterocycles. The number of likely N-dealkylation sites (N-methyl/N-ethyl adjacent to an activating group) is 1. The number of rotatable bonds is 3. The van der Waals surface area contributed by atoms with Gasteiger partial charge in [-0.3, -0.25) is 4.90 Å². The van der Waals surface area contributed by atoms with Gasteiger partial charge in [0.2, 0.25) is 0 Å². The lowest BCUT2D eigenvalue weighted by Gasteiger charge is -2.41. The largest absolute Gasteiger partial charge is 0.345 e. The van der Waals surface area contributed by atoms with E-state index < -0.39 is 0 Å². The molecule has 0 bridgehead atoms. The number of piperazine rings is 1. The summed E-state index contributed by atoms with van der Waals surface area (Å²) in [6, 6.07) is 3.14. The van der Waals surface area contributed by atoms with Crippen molar-refractivity contribution in [1.29, 1.82) is 0 Å². The summed E-state index contributed by atoms with van der Waals surface area (Å²) in [6.07, 6.45) is 9.34. The number of H-pyrrole nitrogens is 1. The average Bonchev–Trinajstić information content (AvgIpc) is 3.34. The second kappa shape index (κ2) is 7.58. The summed E-state index contributed by atoms with van der Waals surface area (Å²) in [7, 11) is 2.24. The molecule has 0 spiro atoms. The van der Waals surface area contributed by atoms with E-state index in [1.807, 2.05) is 0 Å². The second-order valence-corrected chi connectivity index (χ2v) is 9.53. The van der Waals surface area contributed by atoms with Crippen LogP contribution in [-0.2, 0) is 0 Å². The van der Waals surface area contributed by atoms with Gasteiger partial charge in [0, 0.05) is 60.9 Å². The average molecular weight is 396 g/mol.